The molecule has 0 saturated carbocycles. The zero-order valence-electron chi connectivity index (χ0n) is 12.2. The van der Waals surface area contributed by atoms with E-state index < -0.39 is 11.2 Å². The van der Waals surface area contributed by atoms with E-state index in [0.717, 1.165) is 0 Å². The van der Waals surface area contributed by atoms with Gasteiger partial charge in [0.2, 0.25) is 5.88 Å². The van der Waals surface area contributed by atoms with Gasteiger partial charge in [0.05, 0.1) is 11.6 Å². The first-order chi connectivity index (χ1) is 8.79. The molecule has 0 fully saturated rings. The maximum absolute atomic E-state index is 12.0. The number of H-pyrrole nitrogens is 1. The number of hydrogen-bond acceptors (Lipinski definition) is 4. The van der Waals surface area contributed by atoms with Crippen LogP contribution < -0.4 is 11.2 Å². The Morgan fingerprint density at radius 2 is 1.89 bits per heavy atom. The van der Waals surface area contributed by atoms with Crippen molar-refractivity contribution in [1.29, 1.82) is 0 Å². The fourth-order valence-corrected chi connectivity index (χ4v) is 2.17. The summed E-state index contributed by atoms with van der Waals surface area (Å²) in [5, 5.41) is 10.2. The first-order valence-electron chi connectivity index (χ1n) is 6.50. The summed E-state index contributed by atoms with van der Waals surface area (Å²) >= 11 is 0. The molecule has 19 heavy (non-hydrogen) atoms. The van der Waals surface area contributed by atoms with Gasteiger partial charge >= 0.3 is 5.69 Å². The van der Waals surface area contributed by atoms with Crippen molar-refractivity contribution in [2.24, 2.45) is 5.92 Å². The van der Waals surface area contributed by atoms with Crippen molar-refractivity contribution in [3.05, 3.63) is 26.4 Å². The maximum Gasteiger partial charge on any atom is 0.331 e. The van der Waals surface area contributed by atoms with Crippen LogP contribution in [0.15, 0.2) is 9.59 Å². The molecular weight excluding hydrogens is 246 g/mol. The Morgan fingerprint density at radius 3 is 2.32 bits per heavy atom. The average Bonchev–Trinajstić information content (AvgIpc) is 2.26. The van der Waals surface area contributed by atoms with Crippen LogP contribution in [0.1, 0.15) is 32.4 Å². The van der Waals surface area contributed by atoms with Gasteiger partial charge in [-0.1, -0.05) is 20.8 Å². The Labute approximate surface area is 112 Å². The lowest BCUT2D eigenvalue weighted by atomic mass is 10.0. The lowest BCUT2D eigenvalue weighted by Crippen LogP contribution is -2.39. The molecule has 6 nitrogen and oxygen atoms in total. The van der Waals surface area contributed by atoms with E-state index in [-0.39, 0.29) is 23.4 Å². The van der Waals surface area contributed by atoms with Gasteiger partial charge in [-0.25, -0.2) is 4.79 Å². The second kappa shape index (κ2) is 6.06. The lowest BCUT2D eigenvalue weighted by molar-refractivity contribution is 0.239. The van der Waals surface area contributed by atoms with Gasteiger partial charge in [0.1, 0.15) is 0 Å². The first kappa shape index (κ1) is 15.5. The minimum absolute atomic E-state index is 0.154. The van der Waals surface area contributed by atoms with E-state index in [4.69, 9.17) is 0 Å². The van der Waals surface area contributed by atoms with Gasteiger partial charge < -0.3 is 10.0 Å². The van der Waals surface area contributed by atoms with E-state index in [0.29, 0.717) is 13.0 Å². The molecule has 0 aliphatic carbocycles. The fourth-order valence-electron chi connectivity index (χ4n) is 2.17. The highest BCUT2D eigenvalue weighted by Gasteiger charge is 2.23. The molecular formula is C13H23N3O3. The molecule has 0 spiro atoms. The molecule has 108 valence electrons. The average molecular weight is 269 g/mol. The highest BCUT2D eigenvalue weighted by Crippen LogP contribution is 2.23. The number of nitrogens with one attached hydrogen (secondary N) is 1. The number of nitrogens with zero attached hydrogens (tertiary/aromatic N) is 2. The van der Waals surface area contributed by atoms with Crippen LogP contribution in [0, 0.1) is 5.92 Å². The van der Waals surface area contributed by atoms with Crippen molar-refractivity contribution in [3.8, 4) is 5.88 Å². The van der Waals surface area contributed by atoms with E-state index >= 15 is 0 Å². The SMILES string of the molecule is CCc1c(O)n(C(CN(C)C)C(C)C)c(=O)[nH]c1=O. The molecule has 0 aliphatic rings. The molecule has 0 aromatic carbocycles. The van der Waals surface area contributed by atoms with Gasteiger partial charge in [-0.2, -0.15) is 0 Å². The highest BCUT2D eigenvalue weighted by molar-refractivity contribution is 5.23. The van der Waals surface area contributed by atoms with Crippen molar-refractivity contribution >= 4 is 0 Å². The number of aromatic amines is 1. The molecule has 0 aliphatic heterocycles. The normalized spacial score (nSPS) is 13.2. The van der Waals surface area contributed by atoms with Gasteiger partial charge in [0.15, 0.2) is 0 Å². The summed E-state index contributed by atoms with van der Waals surface area (Å²) in [4.78, 5) is 27.8. The second-order valence-electron chi connectivity index (χ2n) is 5.36. The molecule has 1 rings (SSSR count). The van der Waals surface area contributed by atoms with Crippen molar-refractivity contribution in [1.82, 2.24) is 14.5 Å². The summed E-state index contributed by atoms with van der Waals surface area (Å²) in [6, 6.07) is -0.190. The van der Waals surface area contributed by atoms with E-state index in [1.807, 2.05) is 32.8 Å². The monoisotopic (exact) mass is 269 g/mol. The third kappa shape index (κ3) is 3.26. The molecule has 2 N–H and O–H groups in total. The lowest BCUT2D eigenvalue weighted by Gasteiger charge is -2.27. The van der Waals surface area contributed by atoms with Crippen LogP contribution in [0.4, 0.5) is 0 Å². The molecule has 6 heteroatoms. The minimum Gasteiger partial charge on any atom is -0.494 e. The van der Waals surface area contributed by atoms with Crippen LogP contribution in [0.5, 0.6) is 5.88 Å². The molecule has 1 heterocycles. The fraction of sp³-hybridized carbons (Fsp3) is 0.692. The number of hydrogen-bond donors (Lipinski definition) is 2. The van der Waals surface area contributed by atoms with Crippen LogP contribution in [0.2, 0.25) is 0 Å². The summed E-state index contributed by atoms with van der Waals surface area (Å²) in [6.07, 6.45) is 0.383. The molecule has 0 amide bonds. The Hall–Kier alpha value is -1.56. The summed E-state index contributed by atoms with van der Waals surface area (Å²) in [7, 11) is 3.81. The van der Waals surface area contributed by atoms with Gasteiger partial charge in [-0.3, -0.25) is 14.3 Å². The van der Waals surface area contributed by atoms with Gasteiger partial charge in [0, 0.05) is 6.54 Å². The first-order valence-corrected chi connectivity index (χ1v) is 6.50. The Balaban J connectivity index is 3.46. The van der Waals surface area contributed by atoms with Crippen LogP contribution in [0.25, 0.3) is 0 Å². The highest BCUT2D eigenvalue weighted by atomic mass is 16.3. The van der Waals surface area contributed by atoms with E-state index in [1.165, 1.54) is 4.57 Å². The van der Waals surface area contributed by atoms with E-state index in [2.05, 4.69) is 4.98 Å². The third-order valence-electron chi connectivity index (χ3n) is 3.22. The van der Waals surface area contributed by atoms with Crippen LogP contribution >= 0.6 is 0 Å². The van der Waals surface area contributed by atoms with Gasteiger partial charge in [-0.15, -0.1) is 0 Å². The quantitative estimate of drug-likeness (QED) is 0.819. The molecule has 0 saturated heterocycles. The number of aromatic hydroxyl groups is 1. The van der Waals surface area contributed by atoms with Crippen molar-refractivity contribution in [2.45, 2.75) is 33.2 Å². The number of aromatic nitrogens is 2. The zero-order chi connectivity index (χ0) is 14.7. The Morgan fingerprint density at radius 1 is 1.32 bits per heavy atom. The summed E-state index contributed by atoms with van der Waals surface area (Å²) in [5.74, 6) is -0.0570. The predicted octanol–water partition coefficient (Wildman–Crippen LogP) is 0.563. The minimum atomic E-state index is -0.555. The summed E-state index contributed by atoms with van der Waals surface area (Å²) < 4.78 is 1.30. The summed E-state index contributed by atoms with van der Waals surface area (Å²) in [6.45, 7) is 6.35. The van der Waals surface area contributed by atoms with Crippen LogP contribution in [-0.4, -0.2) is 40.2 Å². The predicted molar refractivity (Wildman–Crippen MR) is 74.8 cm³/mol. The Bertz CT molecular complexity index is 543. The second-order valence-corrected chi connectivity index (χ2v) is 5.36. The standard InChI is InChI=1S/C13H23N3O3/c1-6-9-11(17)14-13(19)16(12(9)18)10(8(2)3)7-15(4)5/h8,10,18H,6-7H2,1-5H3,(H,14,17,19). The molecule has 1 aromatic heterocycles. The summed E-state index contributed by atoms with van der Waals surface area (Å²) in [5.41, 5.74) is -0.808. The molecule has 1 atom stereocenters. The van der Waals surface area contributed by atoms with Crippen molar-refractivity contribution < 1.29 is 5.11 Å². The van der Waals surface area contributed by atoms with E-state index in [9.17, 15) is 14.7 Å². The molecule has 0 radical (unpaired) electrons. The van der Waals surface area contributed by atoms with Crippen molar-refractivity contribution in [2.75, 3.05) is 20.6 Å². The Kier molecular flexibility index (Phi) is 4.94. The van der Waals surface area contributed by atoms with E-state index in [1.54, 1.807) is 6.92 Å². The number of rotatable bonds is 5. The topological polar surface area (TPSA) is 78.3 Å². The third-order valence-corrected chi connectivity index (χ3v) is 3.22. The molecule has 0 bridgehead atoms. The van der Waals surface area contributed by atoms with Crippen molar-refractivity contribution in [3.63, 3.8) is 0 Å². The molecule has 1 unspecified atom stereocenters. The van der Waals surface area contributed by atoms with Crippen LogP contribution in [0.3, 0.4) is 0 Å². The van der Waals surface area contributed by atoms with Gasteiger partial charge in [0.25, 0.3) is 5.56 Å². The number of likely N-dealkylation sites (N-methyl/N-ethyl adjacent to an activating group) is 1. The van der Waals surface area contributed by atoms with Gasteiger partial charge in [-0.05, 0) is 26.4 Å². The molecule has 1 aromatic rings. The smallest absolute Gasteiger partial charge is 0.331 e. The zero-order valence-corrected chi connectivity index (χ0v) is 12.2. The van der Waals surface area contributed by atoms with Crippen LogP contribution in [-0.2, 0) is 6.42 Å². The maximum atomic E-state index is 12.0. The largest absolute Gasteiger partial charge is 0.494 e.